The Balaban J connectivity index is 2.33. The van der Waals surface area contributed by atoms with Crippen LogP contribution in [0, 0.1) is 0 Å². The largest absolute Gasteiger partial charge is 0.392 e. The fourth-order valence-electron chi connectivity index (χ4n) is 2.20. The Kier molecular flexibility index (Phi) is 4.38. The number of hydrogen-bond donors (Lipinski definition) is 2. The van der Waals surface area contributed by atoms with Crippen molar-refractivity contribution in [1.82, 2.24) is 9.29 Å². The Morgan fingerprint density at radius 2 is 2.37 bits per heavy atom. The second-order valence-electron chi connectivity index (χ2n) is 4.56. The number of nitrogens with zero attached hydrogens (tertiary/aromatic N) is 2. The van der Waals surface area contributed by atoms with Gasteiger partial charge < -0.3 is 10.4 Å². The van der Waals surface area contributed by atoms with Crippen LogP contribution in [-0.4, -0.2) is 48.6 Å². The molecule has 106 valence electrons. The minimum Gasteiger partial charge on any atom is -0.392 e. The summed E-state index contributed by atoms with van der Waals surface area (Å²) in [5, 5.41) is 12.6. The lowest BCUT2D eigenvalue weighted by Crippen LogP contribution is -2.42. The van der Waals surface area contributed by atoms with Crippen molar-refractivity contribution >= 4 is 15.7 Å². The highest BCUT2D eigenvalue weighted by Gasteiger charge is 2.31. The van der Waals surface area contributed by atoms with Crippen molar-refractivity contribution in [2.45, 2.75) is 30.8 Å². The van der Waals surface area contributed by atoms with Gasteiger partial charge in [-0.15, -0.1) is 0 Å². The Morgan fingerprint density at radius 3 is 3.05 bits per heavy atom. The van der Waals surface area contributed by atoms with E-state index in [1.807, 2.05) is 6.92 Å². The van der Waals surface area contributed by atoms with Gasteiger partial charge in [0.15, 0.2) is 0 Å². The molecule has 1 saturated heterocycles. The lowest BCUT2D eigenvalue weighted by atomic mass is 10.1. The van der Waals surface area contributed by atoms with Crippen molar-refractivity contribution in [2.75, 3.05) is 25.0 Å². The average Bonchev–Trinajstić information content (AvgIpc) is 2.39. The Hall–Kier alpha value is -1.18. The summed E-state index contributed by atoms with van der Waals surface area (Å²) in [5.74, 6) is 0. The number of piperidine rings is 1. The minimum atomic E-state index is -3.60. The third kappa shape index (κ3) is 3.05. The highest BCUT2D eigenvalue weighted by molar-refractivity contribution is 7.89. The molecule has 1 aliphatic rings. The Morgan fingerprint density at radius 1 is 1.58 bits per heavy atom. The molecule has 1 aliphatic heterocycles. The summed E-state index contributed by atoms with van der Waals surface area (Å²) < 4.78 is 26.5. The summed E-state index contributed by atoms with van der Waals surface area (Å²) >= 11 is 0. The average molecular weight is 285 g/mol. The first-order valence-electron chi connectivity index (χ1n) is 6.41. The zero-order valence-corrected chi connectivity index (χ0v) is 11.7. The van der Waals surface area contributed by atoms with Gasteiger partial charge in [0, 0.05) is 32.0 Å². The quantitative estimate of drug-likeness (QED) is 0.849. The predicted octanol–water partition coefficient (Wildman–Crippen LogP) is 0.659. The number of pyridine rings is 1. The molecule has 0 aliphatic carbocycles. The molecule has 1 fully saturated rings. The summed E-state index contributed by atoms with van der Waals surface area (Å²) in [7, 11) is -3.60. The molecule has 0 amide bonds. The second-order valence-corrected chi connectivity index (χ2v) is 6.47. The molecule has 2 heterocycles. The van der Waals surface area contributed by atoms with E-state index in [-0.39, 0.29) is 11.4 Å². The fourth-order valence-corrected chi connectivity index (χ4v) is 3.83. The molecule has 7 heteroatoms. The van der Waals surface area contributed by atoms with Gasteiger partial charge in [0.1, 0.15) is 4.90 Å². The highest BCUT2D eigenvalue weighted by atomic mass is 32.2. The summed E-state index contributed by atoms with van der Waals surface area (Å²) in [5.41, 5.74) is 0.553. The monoisotopic (exact) mass is 285 g/mol. The number of aliphatic hydroxyl groups is 1. The van der Waals surface area contributed by atoms with Gasteiger partial charge in [0.2, 0.25) is 10.0 Å². The van der Waals surface area contributed by atoms with Gasteiger partial charge in [0.05, 0.1) is 11.8 Å². The fraction of sp³-hybridized carbons (Fsp3) is 0.583. The van der Waals surface area contributed by atoms with E-state index in [9.17, 15) is 13.5 Å². The third-order valence-corrected chi connectivity index (χ3v) is 5.02. The van der Waals surface area contributed by atoms with E-state index in [2.05, 4.69) is 10.3 Å². The third-order valence-electron chi connectivity index (χ3n) is 3.13. The molecular formula is C12H19N3O3S. The molecule has 19 heavy (non-hydrogen) atoms. The molecule has 2 N–H and O–H groups in total. The first-order valence-corrected chi connectivity index (χ1v) is 7.85. The highest BCUT2D eigenvalue weighted by Crippen LogP contribution is 2.25. The zero-order chi connectivity index (χ0) is 13.9. The minimum absolute atomic E-state index is 0.156. The molecule has 2 rings (SSSR count). The van der Waals surface area contributed by atoms with Crippen LogP contribution >= 0.6 is 0 Å². The molecule has 1 aromatic rings. The Labute approximate surface area is 113 Å². The summed E-state index contributed by atoms with van der Waals surface area (Å²) in [6, 6.07) is 1.65. The van der Waals surface area contributed by atoms with Crippen LogP contribution in [0.4, 0.5) is 5.69 Å². The van der Waals surface area contributed by atoms with Crippen molar-refractivity contribution in [1.29, 1.82) is 0 Å². The first kappa shape index (κ1) is 14.2. The number of nitrogens with one attached hydrogen (secondary N) is 1. The smallest absolute Gasteiger partial charge is 0.246 e. The lowest BCUT2D eigenvalue weighted by Gasteiger charge is -2.29. The van der Waals surface area contributed by atoms with E-state index in [0.29, 0.717) is 31.6 Å². The van der Waals surface area contributed by atoms with Crippen molar-refractivity contribution in [3.05, 3.63) is 18.5 Å². The van der Waals surface area contributed by atoms with E-state index in [4.69, 9.17) is 0 Å². The number of sulfonamides is 1. The van der Waals surface area contributed by atoms with Crippen LogP contribution < -0.4 is 5.32 Å². The van der Waals surface area contributed by atoms with Gasteiger partial charge in [-0.05, 0) is 25.8 Å². The molecule has 1 atom stereocenters. The van der Waals surface area contributed by atoms with Gasteiger partial charge in [-0.3, -0.25) is 4.98 Å². The topological polar surface area (TPSA) is 82.5 Å². The summed E-state index contributed by atoms with van der Waals surface area (Å²) in [4.78, 5) is 4.07. The van der Waals surface area contributed by atoms with Crippen molar-refractivity contribution in [3.63, 3.8) is 0 Å². The second kappa shape index (κ2) is 5.85. The maximum Gasteiger partial charge on any atom is 0.246 e. The number of rotatable bonds is 4. The number of anilines is 1. The van der Waals surface area contributed by atoms with Crippen LogP contribution in [0.25, 0.3) is 0 Å². The van der Waals surface area contributed by atoms with Crippen molar-refractivity contribution in [3.8, 4) is 0 Å². The van der Waals surface area contributed by atoms with E-state index < -0.39 is 16.1 Å². The van der Waals surface area contributed by atoms with E-state index in [0.717, 1.165) is 0 Å². The van der Waals surface area contributed by atoms with Crippen LogP contribution in [-0.2, 0) is 10.0 Å². The Bertz CT molecular complexity index is 533. The number of aromatic nitrogens is 1. The van der Waals surface area contributed by atoms with Gasteiger partial charge in [-0.1, -0.05) is 0 Å². The number of hydrogen-bond acceptors (Lipinski definition) is 5. The molecule has 6 nitrogen and oxygen atoms in total. The maximum atomic E-state index is 12.6. The number of β-amino-alcohol motifs (C(OH)–C–C–N with tert-alkyl or cyclic N) is 1. The lowest BCUT2D eigenvalue weighted by molar-refractivity contribution is 0.108. The van der Waals surface area contributed by atoms with E-state index in [1.165, 1.54) is 10.5 Å². The summed E-state index contributed by atoms with van der Waals surface area (Å²) in [6.45, 7) is 3.14. The van der Waals surface area contributed by atoms with Gasteiger partial charge in [-0.25, -0.2) is 8.42 Å². The van der Waals surface area contributed by atoms with E-state index >= 15 is 0 Å². The molecule has 0 aromatic carbocycles. The molecule has 0 saturated carbocycles. The molecular weight excluding hydrogens is 266 g/mol. The van der Waals surface area contributed by atoms with Crippen molar-refractivity contribution in [2.24, 2.45) is 0 Å². The summed E-state index contributed by atoms with van der Waals surface area (Å²) in [6.07, 6.45) is 3.66. The SMILES string of the molecule is CCNc1ccncc1S(=O)(=O)N1CCCC(O)C1. The van der Waals surface area contributed by atoms with Crippen LogP contribution in [0.2, 0.25) is 0 Å². The van der Waals surface area contributed by atoms with Crippen molar-refractivity contribution < 1.29 is 13.5 Å². The maximum absolute atomic E-state index is 12.6. The standard InChI is InChI=1S/C12H19N3O3S/c1-2-14-11-5-6-13-8-12(11)19(17,18)15-7-3-4-10(16)9-15/h5-6,8,10,16H,2-4,7,9H2,1H3,(H,13,14). The zero-order valence-electron chi connectivity index (χ0n) is 10.9. The molecule has 0 radical (unpaired) electrons. The normalized spacial score (nSPS) is 21.3. The molecule has 0 bridgehead atoms. The van der Waals surface area contributed by atoms with Gasteiger partial charge >= 0.3 is 0 Å². The first-order chi connectivity index (χ1) is 9.05. The van der Waals surface area contributed by atoms with E-state index in [1.54, 1.807) is 12.3 Å². The van der Waals surface area contributed by atoms with Crippen LogP contribution in [0.3, 0.4) is 0 Å². The molecule has 0 spiro atoms. The molecule has 1 unspecified atom stereocenters. The van der Waals surface area contributed by atoms with Crippen LogP contribution in [0.1, 0.15) is 19.8 Å². The van der Waals surface area contributed by atoms with Crippen LogP contribution in [0.5, 0.6) is 0 Å². The predicted molar refractivity (Wildman–Crippen MR) is 72.4 cm³/mol. The van der Waals surface area contributed by atoms with Gasteiger partial charge in [-0.2, -0.15) is 4.31 Å². The number of aliphatic hydroxyl groups excluding tert-OH is 1. The van der Waals surface area contributed by atoms with Crippen LogP contribution in [0.15, 0.2) is 23.4 Å². The van der Waals surface area contributed by atoms with Gasteiger partial charge in [0.25, 0.3) is 0 Å². The molecule has 1 aromatic heterocycles.